The second-order valence-electron chi connectivity index (χ2n) is 11.7. The molecule has 8 atom stereocenters. The molecule has 4 fully saturated rings. The summed E-state index contributed by atoms with van der Waals surface area (Å²) in [5, 5.41) is 40.4. The molecule has 222 valence electrons. The highest BCUT2D eigenvalue weighted by molar-refractivity contribution is 8.03. The van der Waals surface area contributed by atoms with E-state index < -0.39 is 29.5 Å². The van der Waals surface area contributed by atoms with Gasteiger partial charge in [0.1, 0.15) is 18.6 Å². The van der Waals surface area contributed by atoms with Gasteiger partial charge in [-0.1, -0.05) is 6.92 Å². The molecule has 6 rings (SSSR count). The van der Waals surface area contributed by atoms with Crippen LogP contribution in [0.1, 0.15) is 26.7 Å². The predicted molar refractivity (Wildman–Crippen MR) is 144 cm³/mol. The van der Waals surface area contributed by atoms with Gasteiger partial charge in [-0.3, -0.25) is 14.4 Å². The van der Waals surface area contributed by atoms with Crippen LogP contribution in [-0.4, -0.2) is 126 Å². The lowest BCUT2D eigenvalue weighted by Crippen LogP contribution is -2.66. The lowest BCUT2D eigenvalue weighted by atomic mass is 9.78. The molecule has 0 aliphatic carbocycles. The Hall–Kier alpha value is -3.08. The maximum Gasteiger partial charge on any atom is 0.353 e. The number of carbonyl (C=O) groups is 4. The summed E-state index contributed by atoms with van der Waals surface area (Å²) in [6.07, 6.45) is 2.70. The van der Waals surface area contributed by atoms with Crippen molar-refractivity contribution in [3.63, 3.8) is 0 Å². The number of β-lactam (4-membered cyclic amide) rings is 1. The molecule has 2 unspecified atom stereocenters. The molecule has 0 radical (unpaired) electrons. The molecule has 5 aliphatic rings. The zero-order valence-corrected chi connectivity index (χ0v) is 23.7. The molecule has 41 heavy (non-hydrogen) atoms. The molecule has 5 aliphatic heterocycles. The van der Waals surface area contributed by atoms with Crippen LogP contribution in [0.4, 0.5) is 0 Å². The van der Waals surface area contributed by atoms with Crippen LogP contribution in [0, 0.1) is 17.8 Å². The van der Waals surface area contributed by atoms with E-state index in [4.69, 9.17) is 0 Å². The summed E-state index contributed by atoms with van der Waals surface area (Å²) in [4.78, 5) is 55.4. The van der Waals surface area contributed by atoms with E-state index >= 15 is 0 Å². The average molecular weight is 590 g/mol. The molecular formula is C25H35N9O6S. The standard InChI is InChI=1S/C25H35N9O6S/c1-12-19-18(13(2)29-17(36)8-32-11-28-30-31-32)23(38)34(19)20(24(39)40)21(12)41-15-5-16(27-7-15)22(37)33-4-3-14-6-26-9-25(14,33)10-35/h11-16,18-19,26-27,35H,3-10H2,1-2H3,(H,29,36)(H,39,40)/t12-,13-,14?,15+,16+,18-,19-,25?/m1/s1. The minimum absolute atomic E-state index is 0.00519. The van der Waals surface area contributed by atoms with Crippen molar-refractivity contribution in [2.45, 2.75) is 62.1 Å². The van der Waals surface area contributed by atoms with Gasteiger partial charge in [0.2, 0.25) is 17.7 Å². The number of hydrogen-bond donors (Lipinski definition) is 5. The molecule has 1 aromatic heterocycles. The Morgan fingerprint density at radius 1 is 1.32 bits per heavy atom. The number of carboxylic acid groups (broad SMARTS) is 1. The Morgan fingerprint density at radius 2 is 2.12 bits per heavy atom. The number of carboxylic acids is 1. The zero-order chi connectivity index (χ0) is 29.1. The van der Waals surface area contributed by atoms with E-state index in [1.807, 2.05) is 11.8 Å². The van der Waals surface area contributed by atoms with Crippen molar-refractivity contribution in [2.24, 2.45) is 17.8 Å². The highest BCUT2D eigenvalue weighted by atomic mass is 32.2. The van der Waals surface area contributed by atoms with E-state index in [0.717, 1.165) is 13.0 Å². The summed E-state index contributed by atoms with van der Waals surface area (Å²) >= 11 is 1.42. The van der Waals surface area contributed by atoms with Crippen molar-refractivity contribution in [3.8, 4) is 0 Å². The number of aliphatic hydroxyl groups excluding tert-OH is 1. The lowest BCUT2D eigenvalue weighted by molar-refractivity contribution is -0.158. The number of thioether (sulfide) groups is 1. The van der Waals surface area contributed by atoms with E-state index in [-0.39, 0.29) is 59.7 Å². The Balaban J connectivity index is 1.11. The number of nitrogens with zero attached hydrogens (tertiary/aromatic N) is 6. The Kier molecular flexibility index (Phi) is 7.28. The fourth-order valence-corrected chi connectivity index (χ4v) is 8.90. The molecule has 4 saturated heterocycles. The van der Waals surface area contributed by atoms with Crippen molar-refractivity contribution >= 4 is 35.5 Å². The maximum absolute atomic E-state index is 13.5. The highest BCUT2D eigenvalue weighted by Gasteiger charge is 2.61. The number of likely N-dealkylation sites (tertiary alicyclic amines) is 1. The number of fused-ring (bicyclic) bond motifs is 2. The average Bonchev–Trinajstić information content (AvgIpc) is 3.74. The Morgan fingerprint density at radius 3 is 2.83 bits per heavy atom. The van der Waals surface area contributed by atoms with Gasteiger partial charge < -0.3 is 36.0 Å². The van der Waals surface area contributed by atoms with Crippen LogP contribution in [0.2, 0.25) is 0 Å². The van der Waals surface area contributed by atoms with Crippen LogP contribution in [-0.2, 0) is 25.7 Å². The van der Waals surface area contributed by atoms with Crippen LogP contribution >= 0.6 is 11.8 Å². The summed E-state index contributed by atoms with van der Waals surface area (Å²) < 4.78 is 1.28. The van der Waals surface area contributed by atoms with Gasteiger partial charge in [0.25, 0.3) is 0 Å². The molecule has 15 nitrogen and oxygen atoms in total. The molecular weight excluding hydrogens is 554 g/mol. The van der Waals surface area contributed by atoms with Gasteiger partial charge in [0.15, 0.2) is 0 Å². The van der Waals surface area contributed by atoms with E-state index in [2.05, 4.69) is 31.5 Å². The lowest BCUT2D eigenvalue weighted by Gasteiger charge is -2.47. The van der Waals surface area contributed by atoms with E-state index in [0.29, 0.717) is 31.0 Å². The quantitative estimate of drug-likeness (QED) is 0.192. The third kappa shape index (κ3) is 4.51. The fraction of sp³-hybridized carbons (Fsp3) is 0.720. The van der Waals surface area contributed by atoms with Crippen LogP contribution in [0.5, 0.6) is 0 Å². The van der Waals surface area contributed by atoms with Crippen molar-refractivity contribution in [2.75, 3.05) is 32.8 Å². The molecule has 16 heteroatoms. The topological polar surface area (TPSA) is 195 Å². The van der Waals surface area contributed by atoms with E-state index in [1.165, 1.54) is 27.7 Å². The second-order valence-corrected chi connectivity index (χ2v) is 13.0. The number of nitrogens with one attached hydrogen (secondary N) is 3. The largest absolute Gasteiger partial charge is 0.477 e. The summed E-state index contributed by atoms with van der Waals surface area (Å²) in [5.74, 6) is -2.43. The zero-order valence-electron chi connectivity index (χ0n) is 22.9. The van der Waals surface area contributed by atoms with Crippen LogP contribution in [0.25, 0.3) is 0 Å². The van der Waals surface area contributed by atoms with Gasteiger partial charge in [0, 0.05) is 48.3 Å². The van der Waals surface area contributed by atoms with Crippen molar-refractivity contribution in [3.05, 3.63) is 16.9 Å². The second kappa shape index (κ2) is 10.6. The molecule has 0 aromatic carbocycles. The first kappa shape index (κ1) is 28.1. The monoisotopic (exact) mass is 589 g/mol. The molecule has 6 heterocycles. The van der Waals surface area contributed by atoms with E-state index in [9.17, 15) is 29.4 Å². The number of carbonyl (C=O) groups excluding carboxylic acids is 3. The van der Waals surface area contributed by atoms with Gasteiger partial charge in [-0.2, -0.15) is 0 Å². The van der Waals surface area contributed by atoms with Crippen molar-refractivity contribution in [1.82, 2.24) is 46.0 Å². The van der Waals surface area contributed by atoms with Crippen molar-refractivity contribution < 1.29 is 29.4 Å². The number of aromatic nitrogens is 4. The van der Waals surface area contributed by atoms with Gasteiger partial charge in [-0.05, 0) is 36.1 Å². The molecule has 0 spiro atoms. The summed E-state index contributed by atoms with van der Waals surface area (Å²) in [5.41, 5.74) is -0.558. The van der Waals surface area contributed by atoms with Crippen molar-refractivity contribution in [1.29, 1.82) is 0 Å². The van der Waals surface area contributed by atoms with Gasteiger partial charge in [-0.15, -0.1) is 16.9 Å². The fourth-order valence-electron chi connectivity index (χ4n) is 7.43. The first-order valence-corrected chi connectivity index (χ1v) is 14.9. The number of tetrazole rings is 1. The first-order chi connectivity index (χ1) is 19.7. The molecule has 0 bridgehead atoms. The smallest absolute Gasteiger partial charge is 0.353 e. The number of hydrogen-bond acceptors (Lipinski definition) is 11. The SMILES string of the molecule is C[C@@H](NC(=O)Cn1cnnn1)[C@H]1C(=O)N2C(C(=O)O)=C(S[C@@H]3CN[C@H](C(=O)N4CCC5CNCC54CO)C3)[C@H](C)[C@H]12. The van der Waals surface area contributed by atoms with Crippen LogP contribution in [0.3, 0.4) is 0 Å². The highest BCUT2D eigenvalue weighted by Crippen LogP contribution is 2.52. The first-order valence-electron chi connectivity index (χ1n) is 14.0. The minimum Gasteiger partial charge on any atom is -0.477 e. The molecule has 3 amide bonds. The van der Waals surface area contributed by atoms with Gasteiger partial charge in [-0.25, -0.2) is 9.48 Å². The normalized spacial score (nSPS) is 35.0. The summed E-state index contributed by atoms with van der Waals surface area (Å²) in [7, 11) is 0. The Bertz CT molecular complexity index is 1280. The molecule has 5 N–H and O–H groups in total. The molecule has 1 aromatic rings. The Labute approximate surface area is 240 Å². The third-order valence-electron chi connectivity index (χ3n) is 9.46. The maximum atomic E-state index is 13.5. The minimum atomic E-state index is -1.16. The van der Waals surface area contributed by atoms with E-state index in [1.54, 1.807) is 6.92 Å². The van der Waals surface area contributed by atoms with Crippen LogP contribution < -0.4 is 16.0 Å². The number of aliphatic hydroxyl groups is 1. The summed E-state index contributed by atoms with van der Waals surface area (Å²) in [6, 6.07) is -1.31. The summed E-state index contributed by atoms with van der Waals surface area (Å²) in [6.45, 7) is 6.02. The number of amides is 3. The molecule has 0 saturated carbocycles. The van der Waals surface area contributed by atoms with Gasteiger partial charge in [0.05, 0.1) is 30.1 Å². The van der Waals surface area contributed by atoms with Gasteiger partial charge >= 0.3 is 5.97 Å². The third-order valence-corrected chi connectivity index (χ3v) is 11.0. The van der Waals surface area contributed by atoms with Crippen LogP contribution in [0.15, 0.2) is 16.9 Å². The number of aliphatic carboxylic acids is 1. The predicted octanol–water partition coefficient (Wildman–Crippen LogP) is -2.40. The number of rotatable bonds is 9.